The molecule has 3 nitrogen and oxygen atoms in total. The summed E-state index contributed by atoms with van der Waals surface area (Å²) in [6.45, 7) is 2.54. The van der Waals surface area contributed by atoms with Gasteiger partial charge in [0, 0.05) is 41.4 Å². The van der Waals surface area contributed by atoms with Crippen molar-refractivity contribution in [3.63, 3.8) is 0 Å². The number of benzene rings is 3. The quantitative estimate of drug-likeness (QED) is 0.456. The van der Waals surface area contributed by atoms with Gasteiger partial charge in [0.15, 0.2) is 0 Å². The van der Waals surface area contributed by atoms with Crippen LogP contribution in [0.4, 0.5) is 0 Å². The van der Waals surface area contributed by atoms with Gasteiger partial charge in [-0.15, -0.1) is 12.4 Å². The van der Waals surface area contributed by atoms with Crippen molar-refractivity contribution in [1.82, 2.24) is 5.32 Å². The molecule has 0 spiro atoms. The second-order valence-electron chi connectivity index (χ2n) is 5.96. The Balaban J connectivity index is 0.00000261. The van der Waals surface area contributed by atoms with E-state index in [1.165, 1.54) is 10.8 Å². The van der Waals surface area contributed by atoms with Crippen molar-refractivity contribution in [2.24, 2.45) is 0 Å². The zero-order valence-corrected chi connectivity index (χ0v) is 17.3. The number of ether oxygens (including phenoxy) is 2. The summed E-state index contributed by atoms with van der Waals surface area (Å²) < 4.78 is 11.2. The maximum absolute atomic E-state index is 6.26. The maximum Gasteiger partial charge on any atom is 0.124 e. The number of fused-ring (bicyclic) bond motifs is 1. The SMILES string of the molecule is COCCNCc1c(OCc2ccc(Cl)cc2Cl)ccc2ccccc12.Cl. The Bertz CT molecular complexity index is 886. The minimum absolute atomic E-state index is 0. The van der Waals surface area contributed by atoms with Gasteiger partial charge in [-0.25, -0.2) is 0 Å². The summed E-state index contributed by atoms with van der Waals surface area (Å²) >= 11 is 12.2. The summed E-state index contributed by atoms with van der Waals surface area (Å²) in [7, 11) is 1.70. The zero-order valence-electron chi connectivity index (χ0n) is 15.0. The molecule has 0 aromatic heterocycles. The smallest absolute Gasteiger partial charge is 0.124 e. The first-order valence-corrected chi connectivity index (χ1v) is 9.21. The number of rotatable bonds is 8. The molecule has 0 heterocycles. The molecule has 0 aliphatic heterocycles. The summed E-state index contributed by atoms with van der Waals surface area (Å²) in [5, 5.41) is 7.00. The molecule has 3 rings (SSSR count). The Morgan fingerprint density at radius 3 is 2.59 bits per heavy atom. The summed E-state index contributed by atoms with van der Waals surface area (Å²) in [4.78, 5) is 0. The van der Waals surface area contributed by atoms with Gasteiger partial charge in [0.1, 0.15) is 12.4 Å². The number of nitrogens with one attached hydrogen (secondary N) is 1. The van der Waals surface area contributed by atoms with Gasteiger partial charge in [0.25, 0.3) is 0 Å². The first-order valence-electron chi connectivity index (χ1n) is 8.46. The van der Waals surface area contributed by atoms with Crippen LogP contribution in [0.25, 0.3) is 10.8 Å². The third-order valence-electron chi connectivity index (χ3n) is 4.18. The van der Waals surface area contributed by atoms with Gasteiger partial charge in [-0.3, -0.25) is 0 Å². The molecule has 0 aliphatic rings. The monoisotopic (exact) mass is 425 g/mol. The van der Waals surface area contributed by atoms with E-state index in [2.05, 4.69) is 23.5 Å². The summed E-state index contributed by atoms with van der Waals surface area (Å²) in [5.41, 5.74) is 2.03. The predicted molar refractivity (Wildman–Crippen MR) is 116 cm³/mol. The van der Waals surface area contributed by atoms with Crippen molar-refractivity contribution in [3.05, 3.63) is 75.8 Å². The molecule has 0 atom stereocenters. The third-order valence-corrected chi connectivity index (χ3v) is 4.77. The summed E-state index contributed by atoms with van der Waals surface area (Å²) in [6, 6.07) is 17.8. The van der Waals surface area contributed by atoms with Crippen molar-refractivity contribution in [2.75, 3.05) is 20.3 Å². The van der Waals surface area contributed by atoms with Crippen LogP contribution in [0.5, 0.6) is 5.75 Å². The highest BCUT2D eigenvalue weighted by Gasteiger charge is 2.10. The number of halogens is 3. The van der Waals surface area contributed by atoms with Crippen LogP contribution < -0.4 is 10.1 Å². The van der Waals surface area contributed by atoms with Gasteiger partial charge in [0.2, 0.25) is 0 Å². The molecule has 6 heteroatoms. The topological polar surface area (TPSA) is 30.5 Å². The molecule has 0 saturated carbocycles. The minimum Gasteiger partial charge on any atom is -0.488 e. The van der Waals surface area contributed by atoms with Gasteiger partial charge < -0.3 is 14.8 Å². The molecule has 0 amide bonds. The Morgan fingerprint density at radius 2 is 1.81 bits per heavy atom. The van der Waals surface area contributed by atoms with E-state index >= 15 is 0 Å². The lowest BCUT2D eigenvalue weighted by Crippen LogP contribution is -2.19. The van der Waals surface area contributed by atoms with E-state index in [0.717, 1.165) is 23.4 Å². The van der Waals surface area contributed by atoms with E-state index in [-0.39, 0.29) is 12.4 Å². The Kier molecular flexibility index (Phi) is 8.68. The van der Waals surface area contributed by atoms with E-state index in [9.17, 15) is 0 Å². The van der Waals surface area contributed by atoms with Gasteiger partial charge in [-0.1, -0.05) is 59.6 Å². The molecule has 0 radical (unpaired) electrons. The van der Waals surface area contributed by atoms with Crippen molar-refractivity contribution in [2.45, 2.75) is 13.2 Å². The van der Waals surface area contributed by atoms with E-state index < -0.39 is 0 Å². The maximum atomic E-state index is 6.26. The van der Waals surface area contributed by atoms with E-state index in [1.54, 1.807) is 13.2 Å². The second-order valence-corrected chi connectivity index (χ2v) is 6.80. The highest BCUT2D eigenvalue weighted by atomic mass is 35.5. The molecule has 0 saturated heterocycles. The van der Waals surface area contributed by atoms with Gasteiger partial charge in [0.05, 0.1) is 6.61 Å². The molecule has 0 fully saturated rings. The molecule has 27 heavy (non-hydrogen) atoms. The summed E-state index contributed by atoms with van der Waals surface area (Å²) in [5.74, 6) is 0.847. The lowest BCUT2D eigenvalue weighted by atomic mass is 10.0. The Labute approximate surface area is 176 Å². The number of hydrogen-bond donors (Lipinski definition) is 1. The van der Waals surface area contributed by atoms with Crippen molar-refractivity contribution in [3.8, 4) is 5.75 Å². The van der Waals surface area contributed by atoms with Gasteiger partial charge in [-0.05, 0) is 29.0 Å². The molecule has 3 aromatic rings. The standard InChI is InChI=1S/C21H21Cl2NO2.ClH/c1-25-11-10-24-13-19-18-5-3-2-4-15(18)7-9-21(19)26-14-16-6-8-17(22)12-20(16)23;/h2-9,12,24H,10-11,13-14H2,1H3;1H. The van der Waals surface area contributed by atoms with Gasteiger partial charge in [-0.2, -0.15) is 0 Å². The van der Waals surface area contributed by atoms with Crippen LogP contribution in [0.3, 0.4) is 0 Å². The summed E-state index contributed by atoms with van der Waals surface area (Å²) in [6.07, 6.45) is 0. The highest BCUT2D eigenvalue weighted by molar-refractivity contribution is 6.35. The average Bonchev–Trinajstić information content (AvgIpc) is 2.65. The van der Waals surface area contributed by atoms with E-state index in [1.807, 2.05) is 30.3 Å². The molecular formula is C21H22Cl3NO2. The van der Waals surface area contributed by atoms with Crippen LogP contribution in [0, 0.1) is 0 Å². The lowest BCUT2D eigenvalue weighted by molar-refractivity contribution is 0.199. The zero-order chi connectivity index (χ0) is 18.4. The molecule has 0 unspecified atom stereocenters. The van der Waals surface area contributed by atoms with Crippen LogP contribution in [0.2, 0.25) is 10.0 Å². The van der Waals surface area contributed by atoms with Crippen molar-refractivity contribution < 1.29 is 9.47 Å². The third kappa shape index (κ3) is 5.74. The van der Waals surface area contributed by atoms with Gasteiger partial charge >= 0.3 is 0 Å². The number of methoxy groups -OCH3 is 1. The Hall–Kier alpha value is -1.49. The second kappa shape index (κ2) is 10.7. The van der Waals surface area contributed by atoms with Crippen LogP contribution in [-0.4, -0.2) is 20.3 Å². The fourth-order valence-corrected chi connectivity index (χ4v) is 3.28. The first kappa shape index (κ1) is 21.8. The van der Waals surface area contributed by atoms with Crippen molar-refractivity contribution in [1.29, 1.82) is 0 Å². The molecular weight excluding hydrogens is 405 g/mol. The molecule has 0 aliphatic carbocycles. The lowest BCUT2D eigenvalue weighted by Gasteiger charge is -2.16. The predicted octanol–water partition coefficient (Wildman–Crippen LogP) is 5.88. The van der Waals surface area contributed by atoms with Crippen LogP contribution in [0.1, 0.15) is 11.1 Å². The van der Waals surface area contributed by atoms with Crippen LogP contribution in [0.15, 0.2) is 54.6 Å². The molecule has 1 N–H and O–H groups in total. The van der Waals surface area contributed by atoms with Crippen LogP contribution in [-0.2, 0) is 17.9 Å². The number of hydrogen-bond acceptors (Lipinski definition) is 3. The normalized spacial score (nSPS) is 10.6. The van der Waals surface area contributed by atoms with E-state index in [4.69, 9.17) is 32.7 Å². The highest BCUT2D eigenvalue weighted by Crippen LogP contribution is 2.30. The molecule has 144 valence electrons. The fourth-order valence-electron chi connectivity index (χ4n) is 2.82. The fraction of sp³-hybridized carbons (Fsp3) is 0.238. The largest absolute Gasteiger partial charge is 0.488 e. The molecule has 0 bridgehead atoms. The minimum atomic E-state index is 0. The average molecular weight is 427 g/mol. The first-order chi connectivity index (χ1) is 12.7. The van der Waals surface area contributed by atoms with Crippen LogP contribution >= 0.6 is 35.6 Å². The van der Waals surface area contributed by atoms with E-state index in [0.29, 0.717) is 29.8 Å². The van der Waals surface area contributed by atoms with Crippen molar-refractivity contribution >= 4 is 46.4 Å². The Morgan fingerprint density at radius 1 is 1.00 bits per heavy atom. The molecule has 3 aromatic carbocycles.